The lowest BCUT2D eigenvalue weighted by Gasteiger charge is -2.10. The second kappa shape index (κ2) is 8.32. The van der Waals surface area contributed by atoms with E-state index in [0.29, 0.717) is 27.9 Å². The number of nitrogens with zero attached hydrogens (tertiary/aromatic N) is 3. The van der Waals surface area contributed by atoms with Crippen LogP contribution in [0.5, 0.6) is 11.5 Å². The summed E-state index contributed by atoms with van der Waals surface area (Å²) < 4.78 is 11.9. The molecule has 0 saturated heterocycles. The number of methoxy groups -OCH3 is 2. The molecule has 0 spiro atoms. The summed E-state index contributed by atoms with van der Waals surface area (Å²) in [5.74, 6) is 0.181. The Morgan fingerprint density at radius 2 is 2.04 bits per heavy atom. The van der Waals surface area contributed by atoms with Crippen molar-refractivity contribution in [2.45, 2.75) is 0 Å². The Bertz CT molecular complexity index is 939. The van der Waals surface area contributed by atoms with Crippen molar-refractivity contribution in [3.8, 4) is 16.6 Å². The molecule has 0 aliphatic rings. The van der Waals surface area contributed by atoms with Crippen LogP contribution in [0.15, 0.2) is 42.2 Å². The number of hydrogen-bond acceptors (Lipinski definition) is 7. The zero-order chi connectivity index (χ0) is 19.2. The van der Waals surface area contributed by atoms with Crippen molar-refractivity contribution in [1.82, 2.24) is 20.1 Å². The van der Waals surface area contributed by atoms with Crippen molar-refractivity contribution in [3.63, 3.8) is 0 Å². The smallest absolute Gasteiger partial charge is 0.251 e. The summed E-state index contributed by atoms with van der Waals surface area (Å²) in [5.41, 5.74) is 0.868. The van der Waals surface area contributed by atoms with Crippen LogP contribution in [0.1, 0.15) is 10.4 Å². The average Bonchev–Trinajstić information content (AvgIpc) is 3.37. The maximum atomic E-state index is 12.2. The first-order chi connectivity index (χ1) is 13.1. The van der Waals surface area contributed by atoms with Gasteiger partial charge in [-0.25, -0.2) is 9.67 Å². The van der Waals surface area contributed by atoms with Gasteiger partial charge in [0, 0.05) is 17.1 Å². The van der Waals surface area contributed by atoms with Gasteiger partial charge in [-0.15, -0.1) is 11.3 Å². The number of hydrogen-bond donors (Lipinski definition) is 2. The van der Waals surface area contributed by atoms with Gasteiger partial charge < -0.3 is 20.1 Å². The third-order valence-electron chi connectivity index (χ3n) is 3.54. The van der Waals surface area contributed by atoms with Crippen LogP contribution in [0, 0.1) is 0 Å². The van der Waals surface area contributed by atoms with E-state index in [9.17, 15) is 9.59 Å². The van der Waals surface area contributed by atoms with Crippen molar-refractivity contribution >= 4 is 28.8 Å². The number of rotatable bonds is 7. The molecule has 0 aliphatic heterocycles. The number of nitrogens with one attached hydrogen (secondary N) is 2. The Morgan fingerprint density at radius 3 is 2.74 bits per heavy atom. The molecule has 2 N–H and O–H groups in total. The van der Waals surface area contributed by atoms with Gasteiger partial charge in [-0.2, -0.15) is 5.10 Å². The van der Waals surface area contributed by atoms with Gasteiger partial charge in [-0.3, -0.25) is 9.59 Å². The number of carbonyl (C=O) groups is 2. The Labute approximate surface area is 158 Å². The molecule has 0 aliphatic carbocycles. The summed E-state index contributed by atoms with van der Waals surface area (Å²) in [6.45, 7) is -0.185. The molecule has 10 heteroatoms. The van der Waals surface area contributed by atoms with E-state index in [1.165, 1.54) is 31.8 Å². The minimum atomic E-state index is -0.399. The van der Waals surface area contributed by atoms with Gasteiger partial charge in [0.15, 0.2) is 11.5 Å². The first-order valence-corrected chi connectivity index (χ1v) is 8.73. The maximum Gasteiger partial charge on any atom is 0.251 e. The molecule has 0 atom stereocenters. The molecule has 0 fully saturated rings. The van der Waals surface area contributed by atoms with E-state index in [0.717, 1.165) is 0 Å². The lowest BCUT2D eigenvalue weighted by molar-refractivity contribution is -0.115. The molecule has 2 heterocycles. The van der Waals surface area contributed by atoms with Gasteiger partial charge in [0.05, 0.1) is 38.8 Å². The quantitative estimate of drug-likeness (QED) is 0.639. The van der Waals surface area contributed by atoms with E-state index in [2.05, 4.69) is 20.7 Å². The molecular formula is C17H17N5O4S. The molecule has 140 valence electrons. The Morgan fingerprint density at radius 1 is 1.22 bits per heavy atom. The number of benzene rings is 1. The molecular weight excluding hydrogens is 370 g/mol. The number of aromatic nitrogens is 3. The van der Waals surface area contributed by atoms with Gasteiger partial charge in [0.2, 0.25) is 11.0 Å². The van der Waals surface area contributed by atoms with E-state index in [4.69, 9.17) is 9.47 Å². The van der Waals surface area contributed by atoms with Gasteiger partial charge >= 0.3 is 0 Å². The fraction of sp³-hybridized carbons (Fsp3) is 0.176. The predicted octanol–water partition coefficient (Wildman–Crippen LogP) is 1.71. The highest BCUT2D eigenvalue weighted by Crippen LogP contribution is 2.27. The highest BCUT2D eigenvalue weighted by molar-refractivity contribution is 7.12. The zero-order valence-electron chi connectivity index (χ0n) is 14.6. The lowest BCUT2D eigenvalue weighted by Crippen LogP contribution is -2.32. The van der Waals surface area contributed by atoms with Gasteiger partial charge in [-0.1, -0.05) is 0 Å². The Balaban J connectivity index is 1.55. The van der Waals surface area contributed by atoms with Crippen LogP contribution in [-0.4, -0.2) is 47.3 Å². The third-order valence-corrected chi connectivity index (χ3v) is 4.30. The second-order valence-corrected chi connectivity index (χ2v) is 6.16. The molecule has 3 aromatic rings. The number of carbonyl (C=O) groups excluding carboxylic acids is 2. The standard InChI is InChI=1S/C17H17N5O4S/c1-25-13-4-3-11(7-14(13)26-2)16(24)19-9-15(23)21-12-8-20-22(10-12)17-18-5-6-27-17/h3-8,10H,9H2,1-2H3,(H,19,24)(H,21,23). The average molecular weight is 387 g/mol. The lowest BCUT2D eigenvalue weighted by atomic mass is 10.2. The van der Waals surface area contributed by atoms with E-state index in [1.54, 1.807) is 35.3 Å². The molecule has 0 saturated carbocycles. The van der Waals surface area contributed by atoms with Crippen LogP contribution in [0.4, 0.5) is 5.69 Å². The SMILES string of the molecule is COc1ccc(C(=O)NCC(=O)Nc2cnn(-c3nccs3)c2)cc1OC. The molecule has 0 unspecified atom stereocenters. The van der Waals surface area contributed by atoms with Gasteiger partial charge in [0.1, 0.15) is 0 Å². The summed E-state index contributed by atoms with van der Waals surface area (Å²) >= 11 is 1.43. The molecule has 3 rings (SSSR count). The summed E-state index contributed by atoms with van der Waals surface area (Å²) in [5, 5.41) is 11.9. The number of ether oxygens (including phenoxy) is 2. The first kappa shape index (κ1) is 18.4. The van der Waals surface area contributed by atoms with Crippen LogP contribution in [0.2, 0.25) is 0 Å². The van der Waals surface area contributed by atoms with E-state index >= 15 is 0 Å². The van der Waals surface area contributed by atoms with Crippen molar-refractivity contribution in [2.75, 3.05) is 26.1 Å². The summed E-state index contributed by atoms with van der Waals surface area (Å²) in [6.07, 6.45) is 4.83. The van der Waals surface area contributed by atoms with Crippen LogP contribution in [0.25, 0.3) is 5.13 Å². The van der Waals surface area contributed by atoms with Crippen LogP contribution in [-0.2, 0) is 4.79 Å². The van der Waals surface area contributed by atoms with Crippen molar-refractivity contribution in [3.05, 3.63) is 47.7 Å². The van der Waals surface area contributed by atoms with Crippen LogP contribution in [0.3, 0.4) is 0 Å². The van der Waals surface area contributed by atoms with Crippen LogP contribution >= 0.6 is 11.3 Å². The van der Waals surface area contributed by atoms with Crippen molar-refractivity contribution in [2.24, 2.45) is 0 Å². The van der Waals surface area contributed by atoms with Crippen LogP contribution < -0.4 is 20.1 Å². The minimum Gasteiger partial charge on any atom is -0.493 e. The molecule has 27 heavy (non-hydrogen) atoms. The molecule has 0 bridgehead atoms. The molecule has 9 nitrogen and oxygen atoms in total. The van der Waals surface area contributed by atoms with E-state index < -0.39 is 5.91 Å². The highest BCUT2D eigenvalue weighted by atomic mass is 32.1. The summed E-state index contributed by atoms with van der Waals surface area (Å²) in [4.78, 5) is 28.4. The normalized spacial score (nSPS) is 10.3. The molecule has 1 aromatic carbocycles. The summed E-state index contributed by atoms with van der Waals surface area (Å²) in [6, 6.07) is 4.76. The number of amides is 2. The molecule has 0 radical (unpaired) electrons. The topological polar surface area (TPSA) is 107 Å². The number of thiazole rings is 1. The van der Waals surface area contributed by atoms with Gasteiger partial charge in [0.25, 0.3) is 5.91 Å². The fourth-order valence-electron chi connectivity index (χ4n) is 2.27. The van der Waals surface area contributed by atoms with Gasteiger partial charge in [-0.05, 0) is 18.2 Å². The second-order valence-electron chi connectivity index (χ2n) is 5.29. The Kier molecular flexibility index (Phi) is 5.67. The highest BCUT2D eigenvalue weighted by Gasteiger charge is 2.12. The minimum absolute atomic E-state index is 0.185. The zero-order valence-corrected chi connectivity index (χ0v) is 15.4. The molecule has 2 amide bonds. The summed E-state index contributed by atoms with van der Waals surface area (Å²) in [7, 11) is 3.00. The Hall–Kier alpha value is -3.40. The first-order valence-electron chi connectivity index (χ1n) is 7.85. The third kappa shape index (κ3) is 4.42. The monoisotopic (exact) mass is 387 g/mol. The van der Waals surface area contributed by atoms with Crippen molar-refractivity contribution in [1.29, 1.82) is 0 Å². The van der Waals surface area contributed by atoms with Crippen molar-refractivity contribution < 1.29 is 19.1 Å². The predicted molar refractivity (Wildman–Crippen MR) is 99.7 cm³/mol. The van der Waals surface area contributed by atoms with E-state index in [-0.39, 0.29) is 12.5 Å². The number of anilines is 1. The maximum absolute atomic E-state index is 12.2. The largest absolute Gasteiger partial charge is 0.493 e. The van der Waals surface area contributed by atoms with E-state index in [1.807, 2.05) is 5.38 Å². The molecule has 2 aromatic heterocycles. The fourth-order valence-corrected chi connectivity index (χ4v) is 2.84.